The molecule has 4 aromatic carbocycles. The molecule has 4 atom stereocenters. The number of benzene rings is 4. The van der Waals surface area contributed by atoms with Crippen molar-refractivity contribution in [3.05, 3.63) is 131 Å². The van der Waals surface area contributed by atoms with E-state index in [9.17, 15) is 14.7 Å². The molecule has 5 rings (SSSR count). The van der Waals surface area contributed by atoms with Gasteiger partial charge in [0.1, 0.15) is 0 Å². The topological polar surface area (TPSA) is 120 Å². The Morgan fingerprint density at radius 3 is 2.25 bits per heavy atom. The largest absolute Gasteiger partial charge is 0.392 e. The van der Waals surface area contributed by atoms with Gasteiger partial charge < -0.3 is 19.9 Å². The fourth-order valence-corrected chi connectivity index (χ4v) is 5.95. The van der Waals surface area contributed by atoms with Crippen LogP contribution in [0.1, 0.15) is 78.9 Å². The summed E-state index contributed by atoms with van der Waals surface area (Å²) in [6, 6.07) is 34.8. The van der Waals surface area contributed by atoms with Crippen LogP contribution in [0.2, 0.25) is 0 Å². The first-order valence-electron chi connectivity index (χ1n) is 16.5. The smallest absolute Gasteiger partial charge is 0.243 e. The number of likely N-dealkylation sites (N-methyl/N-ethyl adjacent to an activating group) is 1. The van der Waals surface area contributed by atoms with Gasteiger partial charge >= 0.3 is 0 Å². The number of aliphatic hydroxyl groups excluding tert-OH is 1. The number of hydrogen-bond acceptors (Lipinski definition) is 7. The van der Waals surface area contributed by atoms with Crippen molar-refractivity contribution >= 4 is 11.8 Å². The molecular weight excluding hydrogens is 606 g/mol. The molecular formula is C39H45N3O6. The molecule has 0 saturated carbocycles. The predicted molar refractivity (Wildman–Crippen MR) is 183 cm³/mol. The minimum absolute atomic E-state index is 0.000378. The van der Waals surface area contributed by atoms with Crippen molar-refractivity contribution in [1.29, 1.82) is 0 Å². The maximum atomic E-state index is 12.2. The fourth-order valence-electron chi connectivity index (χ4n) is 5.95. The lowest BCUT2D eigenvalue weighted by atomic mass is 9.98. The summed E-state index contributed by atoms with van der Waals surface area (Å²) in [6.45, 7) is 3.32. The number of carbonyl (C=O) groups excluding carboxylic acids is 2. The zero-order valence-electron chi connectivity index (χ0n) is 27.5. The summed E-state index contributed by atoms with van der Waals surface area (Å²) in [5, 5.41) is 21.0. The van der Waals surface area contributed by atoms with E-state index in [0.717, 1.165) is 39.9 Å². The quantitative estimate of drug-likeness (QED) is 0.0923. The Labute approximate surface area is 282 Å². The van der Waals surface area contributed by atoms with Crippen LogP contribution in [0.5, 0.6) is 0 Å². The Balaban J connectivity index is 1.26. The van der Waals surface area contributed by atoms with Crippen LogP contribution in [-0.2, 0) is 32.2 Å². The van der Waals surface area contributed by atoms with Crippen molar-refractivity contribution in [1.82, 2.24) is 15.7 Å². The summed E-state index contributed by atoms with van der Waals surface area (Å²) in [5.41, 5.74) is 8.69. The summed E-state index contributed by atoms with van der Waals surface area (Å²) in [4.78, 5) is 25.7. The first-order valence-corrected chi connectivity index (χ1v) is 16.5. The van der Waals surface area contributed by atoms with Crippen LogP contribution >= 0.6 is 0 Å². The number of rotatable bonds is 14. The normalized spacial score (nSPS) is 18.3. The van der Waals surface area contributed by atoms with Gasteiger partial charge in [-0.15, -0.1) is 0 Å². The molecule has 1 aliphatic heterocycles. The molecule has 9 nitrogen and oxygen atoms in total. The minimum Gasteiger partial charge on any atom is -0.392 e. The van der Waals surface area contributed by atoms with E-state index in [1.807, 2.05) is 66.7 Å². The molecule has 9 heteroatoms. The molecule has 4 aromatic rings. The number of ether oxygens (including phenoxy) is 2. The van der Waals surface area contributed by atoms with Gasteiger partial charge in [0.15, 0.2) is 6.29 Å². The van der Waals surface area contributed by atoms with Crippen LogP contribution in [-0.4, -0.2) is 46.7 Å². The Bertz CT molecular complexity index is 1610. The highest BCUT2D eigenvalue weighted by atomic mass is 16.7. The van der Waals surface area contributed by atoms with Gasteiger partial charge in [0, 0.05) is 44.0 Å². The molecule has 1 heterocycles. The second-order valence-electron chi connectivity index (χ2n) is 12.4. The summed E-state index contributed by atoms with van der Waals surface area (Å²) in [5.74, 6) is -0.651. The average Bonchev–Trinajstić information content (AvgIpc) is 3.14. The number of amides is 2. The van der Waals surface area contributed by atoms with E-state index in [-0.39, 0.29) is 43.6 Å². The van der Waals surface area contributed by atoms with E-state index in [2.05, 4.69) is 60.6 Å². The number of nitrogens with one attached hydrogen (secondary N) is 2. The molecule has 252 valence electrons. The molecule has 1 fully saturated rings. The van der Waals surface area contributed by atoms with E-state index >= 15 is 0 Å². The van der Waals surface area contributed by atoms with E-state index in [4.69, 9.17) is 14.7 Å². The predicted octanol–water partition coefficient (Wildman–Crippen LogP) is 6.38. The first kappa shape index (κ1) is 34.9. The number of hydroxylamine groups is 1. The molecule has 1 saturated heterocycles. The van der Waals surface area contributed by atoms with Gasteiger partial charge in [-0.05, 0) is 59.8 Å². The molecule has 0 spiro atoms. The third-order valence-electron chi connectivity index (χ3n) is 8.91. The lowest BCUT2D eigenvalue weighted by Gasteiger charge is -2.39. The monoisotopic (exact) mass is 651 g/mol. The Kier molecular flexibility index (Phi) is 12.5. The first-order chi connectivity index (χ1) is 23.3. The third-order valence-corrected chi connectivity index (χ3v) is 8.91. The zero-order valence-corrected chi connectivity index (χ0v) is 27.5. The van der Waals surface area contributed by atoms with Crippen LogP contribution in [0.3, 0.4) is 0 Å². The maximum absolute atomic E-state index is 12.2. The summed E-state index contributed by atoms with van der Waals surface area (Å²) in [6.07, 6.45) is 0.584. The zero-order chi connectivity index (χ0) is 33.9. The lowest BCUT2D eigenvalue weighted by Crippen LogP contribution is -2.38. The Hall–Kier alpha value is -4.38. The van der Waals surface area contributed by atoms with Crippen molar-refractivity contribution < 1.29 is 29.4 Å². The van der Waals surface area contributed by atoms with Gasteiger partial charge in [-0.3, -0.25) is 19.7 Å². The van der Waals surface area contributed by atoms with E-state index in [0.29, 0.717) is 19.4 Å². The van der Waals surface area contributed by atoms with E-state index in [1.165, 1.54) is 5.56 Å². The molecule has 48 heavy (non-hydrogen) atoms. The van der Waals surface area contributed by atoms with Crippen LogP contribution in [0.4, 0.5) is 0 Å². The van der Waals surface area contributed by atoms with Gasteiger partial charge in [0.25, 0.3) is 0 Å². The second-order valence-corrected chi connectivity index (χ2v) is 12.4. The summed E-state index contributed by atoms with van der Waals surface area (Å²) in [7, 11) is 2.13. The Morgan fingerprint density at radius 1 is 0.833 bits per heavy atom. The standard InChI is InChI=1S/C39H45N3O6/c1-27(30-9-4-3-5-10-30)42(2)25-35-23-36(32-16-14-28(26-43)15-17-32)48-39(47-35)33-20-18-31(19-21-33)34-11-6-8-29(22-34)24-40-37(44)12-7-13-38(45)41-46/h3-6,8-11,14-22,27,35-36,39,43,46H,7,12-13,23-26H2,1-2H3,(H,40,44)(H,41,45)/t27-,35+,36-,39-/m0/s1. The molecule has 2 amide bonds. The fraction of sp³-hybridized carbons (Fsp3) is 0.333. The minimum atomic E-state index is -0.550. The molecule has 0 radical (unpaired) electrons. The SMILES string of the molecule is C[C@@H](c1ccccc1)N(C)C[C@H]1C[C@@H](c2ccc(CO)cc2)O[C@@H](c2ccc(-c3cccc(CNC(=O)CCCC(=O)NO)c3)cc2)O1. The number of nitrogens with zero attached hydrogens (tertiary/aromatic N) is 1. The number of hydrogen-bond donors (Lipinski definition) is 4. The number of carbonyl (C=O) groups is 2. The van der Waals surface area contributed by atoms with Crippen molar-refractivity contribution in [2.45, 2.75) is 70.3 Å². The maximum Gasteiger partial charge on any atom is 0.243 e. The third kappa shape index (κ3) is 9.59. The van der Waals surface area contributed by atoms with Gasteiger partial charge in [-0.25, -0.2) is 5.48 Å². The second kappa shape index (κ2) is 17.1. The molecule has 0 aromatic heterocycles. The van der Waals surface area contributed by atoms with E-state index < -0.39 is 12.2 Å². The Morgan fingerprint density at radius 2 is 1.54 bits per heavy atom. The highest BCUT2D eigenvalue weighted by Crippen LogP contribution is 2.39. The molecule has 0 aliphatic carbocycles. The van der Waals surface area contributed by atoms with Crippen LogP contribution in [0.15, 0.2) is 103 Å². The molecule has 0 bridgehead atoms. The molecule has 0 unspecified atom stereocenters. The van der Waals surface area contributed by atoms with E-state index in [1.54, 1.807) is 5.48 Å². The van der Waals surface area contributed by atoms with Crippen molar-refractivity contribution in [3.8, 4) is 11.1 Å². The highest BCUT2D eigenvalue weighted by Gasteiger charge is 2.33. The van der Waals surface area contributed by atoms with Crippen molar-refractivity contribution in [2.24, 2.45) is 0 Å². The van der Waals surface area contributed by atoms with Crippen molar-refractivity contribution in [2.75, 3.05) is 13.6 Å². The summed E-state index contributed by atoms with van der Waals surface area (Å²) >= 11 is 0. The van der Waals surface area contributed by atoms with Gasteiger partial charge in [-0.1, -0.05) is 97.1 Å². The average molecular weight is 652 g/mol. The van der Waals surface area contributed by atoms with Crippen LogP contribution < -0.4 is 10.8 Å². The van der Waals surface area contributed by atoms with Gasteiger partial charge in [0.05, 0.1) is 18.8 Å². The van der Waals surface area contributed by atoms with Crippen LogP contribution in [0, 0.1) is 0 Å². The summed E-state index contributed by atoms with van der Waals surface area (Å²) < 4.78 is 13.2. The van der Waals surface area contributed by atoms with Gasteiger partial charge in [-0.2, -0.15) is 0 Å². The number of aliphatic hydroxyl groups is 1. The molecule has 4 N–H and O–H groups in total. The molecule has 1 aliphatic rings. The highest BCUT2D eigenvalue weighted by molar-refractivity contribution is 5.78. The van der Waals surface area contributed by atoms with Crippen molar-refractivity contribution in [3.63, 3.8) is 0 Å². The lowest BCUT2D eigenvalue weighted by molar-refractivity contribution is -0.253. The van der Waals surface area contributed by atoms with Crippen LogP contribution in [0.25, 0.3) is 11.1 Å². The van der Waals surface area contributed by atoms with Gasteiger partial charge in [0.2, 0.25) is 11.8 Å².